The molecule has 3 rings (SSSR count). The van der Waals surface area contributed by atoms with Gasteiger partial charge in [0.1, 0.15) is 10.6 Å². The molecule has 0 atom stereocenters. The molecule has 0 amide bonds. The highest BCUT2D eigenvalue weighted by atomic mass is 32.2. The molecule has 8 heteroatoms. The number of aromatic nitrogens is 1. The highest BCUT2D eigenvalue weighted by Gasteiger charge is 2.16. The molecule has 23 heavy (non-hydrogen) atoms. The Morgan fingerprint density at radius 2 is 1.74 bits per heavy atom. The zero-order valence-corrected chi connectivity index (χ0v) is 12.5. The van der Waals surface area contributed by atoms with Gasteiger partial charge >= 0.3 is 0 Å². The van der Waals surface area contributed by atoms with E-state index in [0.29, 0.717) is 5.82 Å². The number of nitrogens with zero attached hydrogens (tertiary/aromatic N) is 3. The summed E-state index contributed by atoms with van der Waals surface area (Å²) in [5, 5.41) is 18.5. The van der Waals surface area contributed by atoms with Gasteiger partial charge in [-0.15, -0.1) is 10.2 Å². The van der Waals surface area contributed by atoms with Crippen molar-refractivity contribution < 1.29 is 18.1 Å². The standard InChI is InChI=1S/C15H11N3O4S/c19-15-11-4-3-5-13(23(20,21)22)10(11)7-8-12(15)17-18-14-6-1-2-9-16-14/h1-9,19H,(H,20,21,22). The van der Waals surface area contributed by atoms with Crippen molar-refractivity contribution in [3.8, 4) is 5.75 Å². The topological polar surface area (TPSA) is 112 Å². The van der Waals surface area contributed by atoms with Crippen molar-refractivity contribution in [2.24, 2.45) is 10.2 Å². The fraction of sp³-hybridized carbons (Fsp3) is 0. The Morgan fingerprint density at radius 3 is 2.43 bits per heavy atom. The molecule has 0 fully saturated rings. The minimum absolute atomic E-state index is 0.163. The van der Waals surface area contributed by atoms with E-state index in [9.17, 15) is 18.1 Å². The number of phenols is 1. The third kappa shape index (κ3) is 3.03. The molecule has 0 bridgehead atoms. The number of pyridine rings is 1. The maximum absolute atomic E-state index is 11.4. The van der Waals surface area contributed by atoms with Crippen LogP contribution in [0.3, 0.4) is 0 Å². The van der Waals surface area contributed by atoms with Crippen molar-refractivity contribution >= 4 is 32.4 Å². The predicted molar refractivity (Wildman–Crippen MR) is 83.8 cm³/mol. The third-order valence-electron chi connectivity index (χ3n) is 3.16. The van der Waals surface area contributed by atoms with Gasteiger partial charge in [-0.3, -0.25) is 4.55 Å². The van der Waals surface area contributed by atoms with Gasteiger partial charge in [0.05, 0.1) is 0 Å². The second-order valence-corrected chi connectivity index (χ2v) is 6.04. The van der Waals surface area contributed by atoms with Crippen LogP contribution in [0.5, 0.6) is 5.75 Å². The van der Waals surface area contributed by atoms with E-state index in [-0.39, 0.29) is 27.1 Å². The number of hydrogen-bond donors (Lipinski definition) is 2. The molecule has 0 aliphatic heterocycles. The summed E-state index contributed by atoms with van der Waals surface area (Å²) in [5.74, 6) is 0.145. The lowest BCUT2D eigenvalue weighted by molar-refractivity contribution is 0.482. The Balaban J connectivity index is 2.12. The van der Waals surface area contributed by atoms with Gasteiger partial charge in [-0.1, -0.05) is 24.3 Å². The van der Waals surface area contributed by atoms with E-state index in [4.69, 9.17) is 0 Å². The molecular weight excluding hydrogens is 318 g/mol. The predicted octanol–water partition coefficient (Wildman–Crippen LogP) is 3.60. The first kappa shape index (κ1) is 15.1. The number of azo groups is 1. The Hall–Kier alpha value is -2.84. The fourth-order valence-electron chi connectivity index (χ4n) is 2.13. The molecule has 7 nitrogen and oxygen atoms in total. The normalized spacial score (nSPS) is 12.0. The summed E-state index contributed by atoms with van der Waals surface area (Å²) >= 11 is 0. The van der Waals surface area contributed by atoms with Gasteiger partial charge in [0.15, 0.2) is 11.6 Å². The van der Waals surface area contributed by atoms with Crippen molar-refractivity contribution in [1.29, 1.82) is 0 Å². The molecule has 0 spiro atoms. The van der Waals surface area contributed by atoms with Crippen LogP contribution in [0.25, 0.3) is 10.8 Å². The first-order chi connectivity index (χ1) is 11.0. The Bertz CT molecular complexity index is 1000. The molecule has 1 heterocycles. The lowest BCUT2D eigenvalue weighted by Crippen LogP contribution is -1.98. The molecular formula is C15H11N3O4S. The fourth-order valence-corrected chi connectivity index (χ4v) is 2.83. The summed E-state index contributed by atoms with van der Waals surface area (Å²) in [6.07, 6.45) is 1.56. The van der Waals surface area contributed by atoms with Gasteiger partial charge in [-0.2, -0.15) is 8.42 Å². The molecule has 0 aliphatic rings. The maximum atomic E-state index is 11.4. The maximum Gasteiger partial charge on any atom is 0.295 e. The van der Waals surface area contributed by atoms with Crippen LogP contribution < -0.4 is 0 Å². The summed E-state index contributed by atoms with van der Waals surface area (Å²) in [5.41, 5.74) is 0.163. The minimum atomic E-state index is -4.39. The lowest BCUT2D eigenvalue weighted by atomic mass is 10.1. The van der Waals surface area contributed by atoms with Gasteiger partial charge in [-0.25, -0.2) is 4.98 Å². The molecule has 2 N–H and O–H groups in total. The van der Waals surface area contributed by atoms with Gasteiger partial charge in [0.2, 0.25) is 0 Å². The van der Waals surface area contributed by atoms with E-state index in [1.165, 1.54) is 30.3 Å². The average Bonchev–Trinajstić information content (AvgIpc) is 2.54. The second-order valence-electron chi connectivity index (χ2n) is 4.65. The molecule has 0 aliphatic carbocycles. The quantitative estimate of drug-likeness (QED) is 0.563. The van der Waals surface area contributed by atoms with Crippen molar-refractivity contribution in [2.75, 3.05) is 0 Å². The van der Waals surface area contributed by atoms with E-state index in [0.717, 1.165) is 0 Å². The molecule has 116 valence electrons. The van der Waals surface area contributed by atoms with Crippen LogP contribution in [0.1, 0.15) is 0 Å². The van der Waals surface area contributed by atoms with E-state index in [2.05, 4.69) is 15.2 Å². The number of phenolic OH excluding ortho intramolecular Hbond substituents is 1. The van der Waals surface area contributed by atoms with Crippen molar-refractivity contribution in [3.63, 3.8) is 0 Å². The minimum Gasteiger partial charge on any atom is -0.505 e. The summed E-state index contributed by atoms with van der Waals surface area (Å²) in [4.78, 5) is 3.70. The monoisotopic (exact) mass is 329 g/mol. The zero-order valence-electron chi connectivity index (χ0n) is 11.7. The number of benzene rings is 2. The van der Waals surface area contributed by atoms with Crippen LogP contribution in [0, 0.1) is 0 Å². The van der Waals surface area contributed by atoms with Gasteiger partial charge in [-0.05, 0) is 24.3 Å². The molecule has 0 saturated heterocycles. The van der Waals surface area contributed by atoms with Crippen LogP contribution in [-0.2, 0) is 10.1 Å². The number of aromatic hydroxyl groups is 1. The van der Waals surface area contributed by atoms with Crippen LogP contribution in [0.4, 0.5) is 11.5 Å². The average molecular weight is 329 g/mol. The largest absolute Gasteiger partial charge is 0.505 e. The first-order valence-electron chi connectivity index (χ1n) is 6.52. The molecule has 0 unspecified atom stereocenters. The van der Waals surface area contributed by atoms with Gasteiger partial charge < -0.3 is 5.11 Å². The van der Waals surface area contributed by atoms with Crippen molar-refractivity contribution in [1.82, 2.24) is 4.98 Å². The Morgan fingerprint density at radius 1 is 0.913 bits per heavy atom. The van der Waals surface area contributed by atoms with E-state index >= 15 is 0 Å². The van der Waals surface area contributed by atoms with Crippen LogP contribution >= 0.6 is 0 Å². The first-order valence-corrected chi connectivity index (χ1v) is 7.96. The summed E-state index contributed by atoms with van der Waals surface area (Å²) in [6.45, 7) is 0. The van der Waals surface area contributed by atoms with E-state index < -0.39 is 10.1 Å². The third-order valence-corrected chi connectivity index (χ3v) is 4.07. The van der Waals surface area contributed by atoms with Crippen LogP contribution in [0.2, 0.25) is 0 Å². The molecule has 2 aromatic carbocycles. The number of fused-ring (bicyclic) bond motifs is 1. The number of rotatable bonds is 3. The molecule has 1 aromatic heterocycles. The van der Waals surface area contributed by atoms with Gasteiger partial charge in [0, 0.05) is 17.0 Å². The van der Waals surface area contributed by atoms with Crippen LogP contribution in [0.15, 0.2) is 69.9 Å². The Kier molecular flexibility index (Phi) is 3.77. The number of hydrogen-bond acceptors (Lipinski definition) is 6. The second kappa shape index (κ2) is 5.75. The highest BCUT2D eigenvalue weighted by Crippen LogP contribution is 2.37. The van der Waals surface area contributed by atoms with Crippen molar-refractivity contribution in [2.45, 2.75) is 4.90 Å². The highest BCUT2D eigenvalue weighted by molar-refractivity contribution is 7.86. The molecule has 0 saturated carbocycles. The van der Waals surface area contributed by atoms with Crippen LogP contribution in [-0.4, -0.2) is 23.1 Å². The SMILES string of the molecule is O=S(=O)(O)c1cccc2c(O)c(N=Nc3ccccn3)ccc12. The van der Waals surface area contributed by atoms with E-state index in [1.54, 1.807) is 24.4 Å². The molecule has 0 radical (unpaired) electrons. The Labute approximate surface area is 131 Å². The summed E-state index contributed by atoms with van der Waals surface area (Å²) in [6, 6.07) is 12.2. The zero-order chi connectivity index (χ0) is 16.4. The summed E-state index contributed by atoms with van der Waals surface area (Å²) < 4.78 is 32.0. The lowest BCUT2D eigenvalue weighted by Gasteiger charge is -2.07. The van der Waals surface area contributed by atoms with Crippen molar-refractivity contribution in [3.05, 3.63) is 54.7 Å². The molecule has 3 aromatic rings. The smallest absolute Gasteiger partial charge is 0.295 e. The van der Waals surface area contributed by atoms with E-state index in [1.807, 2.05) is 0 Å². The summed E-state index contributed by atoms with van der Waals surface area (Å²) in [7, 11) is -4.39. The van der Waals surface area contributed by atoms with Gasteiger partial charge in [0.25, 0.3) is 10.1 Å².